The van der Waals surface area contributed by atoms with Crippen molar-refractivity contribution in [2.45, 2.75) is 25.8 Å². The second-order valence-electron chi connectivity index (χ2n) is 7.33. The maximum absolute atomic E-state index is 13.3. The number of hydrogen-bond acceptors (Lipinski definition) is 3. The van der Waals surface area contributed by atoms with Gasteiger partial charge in [0.1, 0.15) is 5.82 Å². The summed E-state index contributed by atoms with van der Waals surface area (Å²) in [5, 5.41) is 5.96. The van der Waals surface area contributed by atoms with E-state index in [0.29, 0.717) is 18.6 Å². The zero-order valence-electron chi connectivity index (χ0n) is 16.7. The molecule has 2 N–H and O–H groups in total. The summed E-state index contributed by atoms with van der Waals surface area (Å²) in [6.07, 6.45) is 1.16. The fraction of sp³-hybridized carbons (Fsp3) is 0.208. The molecule has 1 heterocycles. The van der Waals surface area contributed by atoms with Gasteiger partial charge >= 0.3 is 6.03 Å². The van der Waals surface area contributed by atoms with Crippen LogP contribution in [-0.2, 0) is 12.8 Å². The average Bonchev–Trinajstić information content (AvgIpc) is 3.19. The van der Waals surface area contributed by atoms with Gasteiger partial charge in [-0.2, -0.15) is 0 Å². The molecule has 0 bridgehead atoms. The van der Waals surface area contributed by atoms with Gasteiger partial charge in [-0.3, -0.25) is 0 Å². The molecule has 30 heavy (non-hydrogen) atoms. The smallest absolute Gasteiger partial charge is 0.319 e. The molecular formula is C24H23FN2O3. The number of para-hydroxylation sites is 1. The third kappa shape index (κ3) is 4.89. The Morgan fingerprint density at radius 2 is 1.67 bits per heavy atom. The Balaban J connectivity index is 1.49. The van der Waals surface area contributed by atoms with Gasteiger partial charge in [0.05, 0.1) is 0 Å². The number of halogens is 1. The lowest BCUT2D eigenvalue weighted by atomic mass is 9.98. The van der Waals surface area contributed by atoms with E-state index in [1.807, 2.05) is 49.4 Å². The van der Waals surface area contributed by atoms with E-state index < -0.39 is 0 Å². The van der Waals surface area contributed by atoms with Crippen LogP contribution in [-0.4, -0.2) is 18.9 Å². The Labute approximate surface area is 174 Å². The largest absolute Gasteiger partial charge is 0.454 e. The van der Waals surface area contributed by atoms with E-state index in [-0.39, 0.29) is 24.7 Å². The molecule has 5 nitrogen and oxygen atoms in total. The number of hydrogen-bond donors (Lipinski definition) is 2. The van der Waals surface area contributed by atoms with Gasteiger partial charge in [-0.25, -0.2) is 9.18 Å². The maximum Gasteiger partial charge on any atom is 0.319 e. The fourth-order valence-electron chi connectivity index (χ4n) is 3.49. The SMILES string of the molecule is Cc1ccccc1NC(=O)N[C@H](Cc1ccc(F)cc1)Cc1ccc2c(c1)OCO2. The summed E-state index contributed by atoms with van der Waals surface area (Å²) < 4.78 is 24.1. The van der Waals surface area contributed by atoms with Crippen LogP contribution in [0.5, 0.6) is 11.5 Å². The monoisotopic (exact) mass is 406 g/mol. The number of carbonyl (C=O) groups is 1. The zero-order valence-corrected chi connectivity index (χ0v) is 16.7. The Morgan fingerprint density at radius 3 is 2.47 bits per heavy atom. The highest BCUT2D eigenvalue weighted by molar-refractivity contribution is 5.90. The van der Waals surface area contributed by atoms with E-state index >= 15 is 0 Å². The highest BCUT2D eigenvalue weighted by Gasteiger charge is 2.18. The molecular weight excluding hydrogens is 383 g/mol. The molecule has 1 aliphatic heterocycles. The van der Waals surface area contributed by atoms with Crippen molar-refractivity contribution >= 4 is 11.7 Å². The lowest BCUT2D eigenvalue weighted by Gasteiger charge is -2.20. The van der Waals surface area contributed by atoms with Gasteiger partial charge in [0.2, 0.25) is 6.79 Å². The highest BCUT2D eigenvalue weighted by atomic mass is 19.1. The minimum absolute atomic E-state index is 0.195. The van der Waals surface area contributed by atoms with Crippen LogP contribution in [0.25, 0.3) is 0 Å². The fourth-order valence-corrected chi connectivity index (χ4v) is 3.49. The first-order valence-corrected chi connectivity index (χ1v) is 9.83. The van der Waals surface area contributed by atoms with E-state index in [1.165, 1.54) is 12.1 Å². The maximum atomic E-state index is 13.3. The van der Waals surface area contributed by atoms with Crippen molar-refractivity contribution in [2.24, 2.45) is 0 Å². The molecule has 3 aromatic carbocycles. The van der Waals surface area contributed by atoms with E-state index in [0.717, 1.165) is 28.1 Å². The number of rotatable bonds is 6. The van der Waals surface area contributed by atoms with Crippen molar-refractivity contribution in [3.63, 3.8) is 0 Å². The van der Waals surface area contributed by atoms with Gasteiger partial charge in [-0.1, -0.05) is 36.4 Å². The summed E-state index contributed by atoms with van der Waals surface area (Å²) in [6, 6.07) is 19.2. The molecule has 3 aromatic rings. The Kier molecular flexibility index (Phi) is 5.84. The van der Waals surface area contributed by atoms with Crippen LogP contribution in [0.3, 0.4) is 0 Å². The number of nitrogens with one attached hydrogen (secondary N) is 2. The Hall–Kier alpha value is -3.54. The van der Waals surface area contributed by atoms with Crippen LogP contribution in [0, 0.1) is 12.7 Å². The van der Waals surface area contributed by atoms with Gasteiger partial charge in [-0.15, -0.1) is 0 Å². The number of ether oxygens (including phenoxy) is 2. The summed E-state index contributed by atoms with van der Waals surface area (Å²) >= 11 is 0. The summed E-state index contributed by atoms with van der Waals surface area (Å²) in [7, 11) is 0. The Bertz CT molecular complexity index is 1040. The molecule has 1 aliphatic rings. The molecule has 0 saturated heterocycles. The molecule has 0 unspecified atom stereocenters. The second-order valence-corrected chi connectivity index (χ2v) is 7.33. The van der Waals surface area contributed by atoms with Gasteiger partial charge in [-0.05, 0) is 66.8 Å². The van der Waals surface area contributed by atoms with E-state index in [1.54, 1.807) is 12.1 Å². The molecule has 6 heteroatoms. The van der Waals surface area contributed by atoms with Crippen molar-refractivity contribution in [1.82, 2.24) is 5.32 Å². The minimum Gasteiger partial charge on any atom is -0.454 e. The molecule has 0 radical (unpaired) electrons. The van der Waals surface area contributed by atoms with Crippen molar-refractivity contribution in [3.05, 3.63) is 89.2 Å². The number of fused-ring (bicyclic) bond motifs is 1. The average molecular weight is 406 g/mol. The van der Waals surface area contributed by atoms with Crippen LogP contribution in [0.4, 0.5) is 14.9 Å². The first-order valence-electron chi connectivity index (χ1n) is 9.83. The van der Waals surface area contributed by atoms with Crippen LogP contribution in [0.2, 0.25) is 0 Å². The zero-order chi connectivity index (χ0) is 20.9. The van der Waals surface area contributed by atoms with Gasteiger partial charge in [0, 0.05) is 11.7 Å². The molecule has 4 rings (SSSR count). The predicted octanol–water partition coefficient (Wildman–Crippen LogP) is 4.84. The topological polar surface area (TPSA) is 59.6 Å². The van der Waals surface area contributed by atoms with E-state index in [2.05, 4.69) is 10.6 Å². The van der Waals surface area contributed by atoms with Crippen molar-refractivity contribution in [2.75, 3.05) is 12.1 Å². The lowest BCUT2D eigenvalue weighted by molar-refractivity contribution is 0.174. The number of anilines is 1. The minimum atomic E-state index is -0.281. The summed E-state index contributed by atoms with van der Waals surface area (Å²) in [4.78, 5) is 12.7. The number of amides is 2. The van der Waals surface area contributed by atoms with Gasteiger partial charge < -0.3 is 20.1 Å². The summed E-state index contributed by atoms with van der Waals surface area (Å²) in [6.45, 7) is 2.16. The van der Waals surface area contributed by atoms with Gasteiger partial charge in [0.15, 0.2) is 11.5 Å². The molecule has 0 aromatic heterocycles. The molecule has 0 aliphatic carbocycles. The second kappa shape index (κ2) is 8.86. The van der Waals surface area contributed by atoms with Crippen molar-refractivity contribution in [1.29, 1.82) is 0 Å². The number of benzene rings is 3. The van der Waals surface area contributed by atoms with E-state index in [9.17, 15) is 9.18 Å². The van der Waals surface area contributed by atoms with Crippen LogP contribution >= 0.6 is 0 Å². The van der Waals surface area contributed by atoms with Crippen LogP contribution in [0.15, 0.2) is 66.7 Å². The number of aryl methyl sites for hydroxylation is 1. The quantitative estimate of drug-likeness (QED) is 0.616. The third-order valence-electron chi connectivity index (χ3n) is 5.04. The number of carbonyl (C=O) groups excluding carboxylic acids is 1. The standard InChI is InChI=1S/C24H23FN2O3/c1-16-4-2-3-5-21(16)27-24(28)26-20(12-17-6-9-19(25)10-7-17)13-18-8-11-22-23(14-18)30-15-29-22/h2-11,14,20H,12-13,15H2,1H3,(H2,26,27,28)/t20-/m1/s1. The lowest BCUT2D eigenvalue weighted by Crippen LogP contribution is -2.40. The summed E-state index contributed by atoms with van der Waals surface area (Å²) in [5.41, 5.74) is 3.71. The Morgan fingerprint density at radius 1 is 0.967 bits per heavy atom. The van der Waals surface area contributed by atoms with Crippen molar-refractivity contribution < 1.29 is 18.7 Å². The van der Waals surface area contributed by atoms with Crippen LogP contribution < -0.4 is 20.1 Å². The molecule has 154 valence electrons. The first kappa shape index (κ1) is 19.8. The molecule has 0 saturated carbocycles. The molecule has 2 amide bonds. The molecule has 1 atom stereocenters. The molecule has 0 spiro atoms. The van der Waals surface area contributed by atoms with Gasteiger partial charge in [0.25, 0.3) is 0 Å². The highest BCUT2D eigenvalue weighted by Crippen LogP contribution is 2.33. The first-order chi connectivity index (χ1) is 14.6. The third-order valence-corrected chi connectivity index (χ3v) is 5.04. The van der Waals surface area contributed by atoms with E-state index in [4.69, 9.17) is 9.47 Å². The normalized spacial score (nSPS) is 13.0. The van der Waals surface area contributed by atoms with Crippen LogP contribution in [0.1, 0.15) is 16.7 Å². The predicted molar refractivity (Wildman–Crippen MR) is 113 cm³/mol. The molecule has 0 fully saturated rings. The number of urea groups is 1. The van der Waals surface area contributed by atoms with Crippen molar-refractivity contribution in [3.8, 4) is 11.5 Å². The summed E-state index contributed by atoms with van der Waals surface area (Å²) in [5.74, 6) is 1.15.